The van der Waals surface area contributed by atoms with Gasteiger partial charge in [0.05, 0.1) is 24.4 Å². The number of nitrogens with zero attached hydrogens (tertiary/aromatic N) is 4. The van der Waals surface area contributed by atoms with Gasteiger partial charge in [-0.15, -0.1) is 5.10 Å². The van der Waals surface area contributed by atoms with Gasteiger partial charge in [0.1, 0.15) is 11.3 Å². The van der Waals surface area contributed by atoms with E-state index in [1.807, 2.05) is 25.5 Å². The van der Waals surface area contributed by atoms with Crippen LogP contribution in [0.5, 0.6) is 0 Å². The molecule has 0 saturated carbocycles. The van der Waals surface area contributed by atoms with Crippen LogP contribution in [0.25, 0.3) is 0 Å². The number of amides is 1. The topological polar surface area (TPSA) is 95.5 Å². The molecule has 0 aromatic carbocycles. The first-order chi connectivity index (χ1) is 10.8. The zero-order valence-electron chi connectivity index (χ0n) is 14.0. The highest BCUT2D eigenvalue weighted by Crippen LogP contribution is 2.35. The van der Waals surface area contributed by atoms with Gasteiger partial charge in [0.2, 0.25) is 0 Å². The SMILES string of the molecule is CC(C)(C)OC(=O)N1CCC2(CC1)COCc1c(CN)nnn12. The Labute approximate surface area is 135 Å². The lowest BCUT2D eigenvalue weighted by Gasteiger charge is -2.44. The van der Waals surface area contributed by atoms with Crippen molar-refractivity contribution in [2.45, 2.75) is 57.9 Å². The summed E-state index contributed by atoms with van der Waals surface area (Å²) in [6, 6.07) is 0. The Hall–Kier alpha value is -1.67. The van der Waals surface area contributed by atoms with Crippen LogP contribution in [0.4, 0.5) is 4.79 Å². The normalized spacial score (nSPS) is 20.4. The Morgan fingerprint density at radius 2 is 2.09 bits per heavy atom. The second-order valence-electron chi connectivity index (χ2n) is 7.28. The number of carbonyl (C=O) groups is 1. The maximum Gasteiger partial charge on any atom is 0.410 e. The average molecular weight is 323 g/mol. The van der Waals surface area contributed by atoms with Crippen LogP contribution in [-0.2, 0) is 28.2 Å². The summed E-state index contributed by atoms with van der Waals surface area (Å²) in [5, 5.41) is 8.48. The standard InChI is InChI=1S/C15H25N5O3/c1-14(2,3)23-13(21)19-6-4-15(5-7-19)10-22-9-12-11(8-16)17-18-20(12)15/h4-10,16H2,1-3H3. The van der Waals surface area contributed by atoms with Gasteiger partial charge in [-0.1, -0.05) is 5.21 Å². The van der Waals surface area contributed by atoms with Crippen LogP contribution < -0.4 is 5.73 Å². The molecular weight excluding hydrogens is 298 g/mol. The maximum atomic E-state index is 12.2. The minimum Gasteiger partial charge on any atom is -0.444 e. The van der Waals surface area contributed by atoms with E-state index in [-0.39, 0.29) is 11.6 Å². The third kappa shape index (κ3) is 3.05. The molecule has 1 aromatic rings. The van der Waals surface area contributed by atoms with Crippen LogP contribution >= 0.6 is 0 Å². The number of hydrogen-bond acceptors (Lipinski definition) is 6. The molecule has 0 bridgehead atoms. The first-order valence-corrected chi connectivity index (χ1v) is 8.04. The lowest BCUT2D eigenvalue weighted by molar-refractivity contribution is -0.0431. The summed E-state index contributed by atoms with van der Waals surface area (Å²) < 4.78 is 13.2. The fourth-order valence-electron chi connectivity index (χ4n) is 3.20. The molecule has 1 amide bonds. The van der Waals surface area contributed by atoms with E-state index in [2.05, 4.69) is 10.3 Å². The van der Waals surface area contributed by atoms with Crippen molar-refractivity contribution in [1.29, 1.82) is 0 Å². The molecule has 128 valence electrons. The molecule has 1 saturated heterocycles. The quantitative estimate of drug-likeness (QED) is 0.828. The van der Waals surface area contributed by atoms with Crippen LogP contribution in [0.1, 0.15) is 45.0 Å². The molecule has 8 heteroatoms. The highest BCUT2D eigenvalue weighted by atomic mass is 16.6. The smallest absolute Gasteiger partial charge is 0.410 e. The van der Waals surface area contributed by atoms with E-state index in [0.29, 0.717) is 32.8 Å². The van der Waals surface area contributed by atoms with Crippen molar-refractivity contribution >= 4 is 6.09 Å². The van der Waals surface area contributed by atoms with E-state index >= 15 is 0 Å². The van der Waals surface area contributed by atoms with Crippen molar-refractivity contribution in [3.8, 4) is 0 Å². The molecule has 23 heavy (non-hydrogen) atoms. The first-order valence-electron chi connectivity index (χ1n) is 8.04. The van der Waals surface area contributed by atoms with Gasteiger partial charge in [-0.25, -0.2) is 9.48 Å². The number of rotatable bonds is 1. The highest BCUT2D eigenvalue weighted by molar-refractivity contribution is 5.68. The van der Waals surface area contributed by atoms with Gasteiger partial charge >= 0.3 is 6.09 Å². The number of hydrogen-bond donors (Lipinski definition) is 1. The summed E-state index contributed by atoms with van der Waals surface area (Å²) in [6.07, 6.45) is 1.28. The van der Waals surface area contributed by atoms with Crippen LogP contribution in [-0.4, -0.2) is 51.3 Å². The van der Waals surface area contributed by atoms with Crippen molar-refractivity contribution < 1.29 is 14.3 Å². The van der Waals surface area contributed by atoms with E-state index in [0.717, 1.165) is 24.2 Å². The second kappa shape index (κ2) is 5.76. The van der Waals surface area contributed by atoms with Crippen LogP contribution in [0.3, 0.4) is 0 Å². The van der Waals surface area contributed by atoms with E-state index in [1.54, 1.807) is 4.90 Å². The number of carbonyl (C=O) groups excluding carboxylic acids is 1. The lowest BCUT2D eigenvalue weighted by atomic mass is 9.87. The fourth-order valence-corrected chi connectivity index (χ4v) is 3.20. The van der Waals surface area contributed by atoms with Gasteiger partial charge in [-0.2, -0.15) is 0 Å². The number of ether oxygens (including phenoxy) is 2. The van der Waals surface area contributed by atoms with E-state index in [4.69, 9.17) is 15.2 Å². The van der Waals surface area contributed by atoms with Gasteiger partial charge in [0.25, 0.3) is 0 Å². The van der Waals surface area contributed by atoms with Gasteiger partial charge in [0, 0.05) is 19.6 Å². The molecule has 0 unspecified atom stereocenters. The summed E-state index contributed by atoms with van der Waals surface area (Å²) >= 11 is 0. The van der Waals surface area contributed by atoms with Crippen molar-refractivity contribution in [3.05, 3.63) is 11.4 Å². The largest absolute Gasteiger partial charge is 0.444 e. The monoisotopic (exact) mass is 323 g/mol. The Bertz CT molecular complexity index is 584. The molecule has 2 N–H and O–H groups in total. The number of aromatic nitrogens is 3. The number of fused-ring (bicyclic) bond motifs is 2. The summed E-state index contributed by atoms with van der Waals surface area (Å²) in [5.74, 6) is 0. The molecule has 0 aliphatic carbocycles. The van der Waals surface area contributed by atoms with Crippen LogP contribution in [0.2, 0.25) is 0 Å². The minimum absolute atomic E-state index is 0.230. The molecule has 0 radical (unpaired) electrons. The Kier molecular flexibility index (Phi) is 4.05. The Morgan fingerprint density at radius 3 is 2.70 bits per heavy atom. The summed E-state index contributed by atoms with van der Waals surface area (Å²) in [7, 11) is 0. The zero-order valence-corrected chi connectivity index (χ0v) is 14.0. The molecule has 3 rings (SSSR count). The van der Waals surface area contributed by atoms with E-state index in [1.165, 1.54) is 0 Å². The zero-order chi connectivity index (χ0) is 16.7. The molecule has 0 atom stereocenters. The summed E-state index contributed by atoms with van der Waals surface area (Å²) in [5.41, 5.74) is 6.76. The third-order valence-corrected chi connectivity index (χ3v) is 4.44. The predicted molar refractivity (Wildman–Crippen MR) is 82.6 cm³/mol. The van der Waals surface area contributed by atoms with E-state index in [9.17, 15) is 4.79 Å². The molecule has 1 spiro atoms. The molecular formula is C15H25N5O3. The number of likely N-dealkylation sites (tertiary alicyclic amines) is 1. The van der Waals surface area contributed by atoms with Crippen molar-refractivity contribution in [3.63, 3.8) is 0 Å². The Balaban J connectivity index is 1.72. The summed E-state index contributed by atoms with van der Waals surface area (Å²) in [6.45, 7) is 8.32. The Morgan fingerprint density at radius 1 is 1.39 bits per heavy atom. The highest BCUT2D eigenvalue weighted by Gasteiger charge is 2.43. The fraction of sp³-hybridized carbons (Fsp3) is 0.800. The van der Waals surface area contributed by atoms with Crippen LogP contribution in [0, 0.1) is 0 Å². The average Bonchev–Trinajstić information content (AvgIpc) is 2.91. The van der Waals surface area contributed by atoms with E-state index < -0.39 is 5.60 Å². The number of nitrogens with two attached hydrogens (primary N) is 1. The van der Waals surface area contributed by atoms with Gasteiger partial charge in [-0.05, 0) is 33.6 Å². The third-order valence-electron chi connectivity index (χ3n) is 4.44. The molecule has 1 aromatic heterocycles. The molecule has 1 fully saturated rings. The van der Waals surface area contributed by atoms with Crippen LogP contribution in [0.15, 0.2) is 0 Å². The maximum absolute atomic E-state index is 12.2. The van der Waals surface area contributed by atoms with Crippen molar-refractivity contribution in [2.24, 2.45) is 5.73 Å². The molecule has 8 nitrogen and oxygen atoms in total. The first kappa shape index (κ1) is 16.2. The molecule has 3 heterocycles. The molecule has 2 aliphatic heterocycles. The minimum atomic E-state index is -0.477. The molecule has 2 aliphatic rings. The second-order valence-corrected chi connectivity index (χ2v) is 7.28. The van der Waals surface area contributed by atoms with Gasteiger partial charge in [0.15, 0.2) is 0 Å². The van der Waals surface area contributed by atoms with Crippen molar-refractivity contribution in [2.75, 3.05) is 19.7 Å². The lowest BCUT2D eigenvalue weighted by Crippen LogP contribution is -2.53. The predicted octanol–water partition coefficient (Wildman–Crippen LogP) is 0.993. The number of piperidine rings is 1. The summed E-state index contributed by atoms with van der Waals surface area (Å²) in [4.78, 5) is 14.0. The van der Waals surface area contributed by atoms with Gasteiger partial charge in [-0.3, -0.25) is 0 Å². The van der Waals surface area contributed by atoms with Gasteiger partial charge < -0.3 is 20.1 Å². The van der Waals surface area contributed by atoms with Crippen molar-refractivity contribution in [1.82, 2.24) is 19.9 Å².